The molecule has 6 heteroatoms. The third-order valence-electron chi connectivity index (χ3n) is 4.37. The highest BCUT2D eigenvalue weighted by molar-refractivity contribution is 6.74. The Morgan fingerprint density at radius 1 is 1.29 bits per heavy atom. The zero-order valence-corrected chi connectivity index (χ0v) is 16.5. The Balaban J connectivity index is 3.06. The average molecular weight is 354 g/mol. The molecule has 0 aliphatic heterocycles. The molecule has 24 heavy (non-hydrogen) atoms. The van der Waals surface area contributed by atoms with Crippen LogP contribution in [0.15, 0.2) is 18.2 Å². The third kappa shape index (κ3) is 6.00. The fourth-order valence-corrected chi connectivity index (χ4v) is 2.92. The predicted octanol–water partition coefficient (Wildman–Crippen LogP) is 3.55. The number of carbonyl (C=O) groups excluding carboxylic acids is 2. The number of carbonyl (C=O) groups is 2. The van der Waals surface area contributed by atoms with Crippen LogP contribution in [0.3, 0.4) is 0 Å². The van der Waals surface area contributed by atoms with Gasteiger partial charge in [0.2, 0.25) is 14.2 Å². The van der Waals surface area contributed by atoms with Gasteiger partial charge in [-0.25, -0.2) is 0 Å². The highest BCUT2D eigenvalue weighted by atomic mass is 28.4. The van der Waals surface area contributed by atoms with E-state index in [1.807, 2.05) is 23.9 Å². The molecule has 0 aliphatic carbocycles. The van der Waals surface area contributed by atoms with Crippen LogP contribution in [0.1, 0.15) is 45.2 Å². The SMILES string of the molecule is [3H]NC(=O)CCc1ccc(O[Si](C)(C)C(C)(C)C)c(COC(C)=O)c1. The Morgan fingerprint density at radius 2 is 1.96 bits per heavy atom. The molecule has 1 rings (SSSR count). The van der Waals surface area contributed by atoms with Crippen molar-refractivity contribution in [3.63, 3.8) is 0 Å². The standard InChI is InChI=1S/C18H29NO4Si/c1-13(20)22-12-15-11-14(8-10-17(19)21)7-9-16(15)23-24(5,6)18(2,3)4/h7,9,11H,8,10,12H2,1-6H3,(H2,19,21)/i/hT. The number of amides is 1. The summed E-state index contributed by atoms with van der Waals surface area (Å²) in [5, 5.41) is 0.0522. The van der Waals surface area contributed by atoms with Gasteiger partial charge in [-0.15, -0.1) is 0 Å². The molecule has 0 bridgehead atoms. The second-order valence-electron chi connectivity index (χ2n) is 7.51. The quantitative estimate of drug-likeness (QED) is 0.600. The monoisotopic (exact) mass is 353 g/mol. The highest BCUT2D eigenvalue weighted by Gasteiger charge is 2.39. The van der Waals surface area contributed by atoms with E-state index in [1.165, 1.54) is 6.92 Å². The van der Waals surface area contributed by atoms with E-state index in [2.05, 4.69) is 33.9 Å². The van der Waals surface area contributed by atoms with Gasteiger partial charge >= 0.3 is 5.97 Å². The minimum atomic E-state index is -2.02. The molecular formula is C18H29NO4Si. The van der Waals surface area contributed by atoms with Crippen molar-refractivity contribution in [2.75, 3.05) is 0 Å². The fourth-order valence-electron chi connectivity index (χ4n) is 1.87. The van der Waals surface area contributed by atoms with Gasteiger partial charge in [-0.1, -0.05) is 26.8 Å². The molecule has 0 fully saturated rings. The van der Waals surface area contributed by atoms with Crippen LogP contribution in [-0.2, 0) is 27.4 Å². The second kappa shape index (κ2) is 7.83. The minimum Gasteiger partial charge on any atom is -0.543 e. The fraction of sp³-hybridized carbons (Fsp3) is 0.556. The van der Waals surface area contributed by atoms with Crippen LogP contribution in [-0.4, -0.2) is 20.2 Å². The third-order valence-corrected chi connectivity index (χ3v) is 8.71. The maximum absolute atomic E-state index is 11.3. The van der Waals surface area contributed by atoms with E-state index in [4.69, 9.17) is 10.6 Å². The maximum atomic E-state index is 11.3. The molecule has 0 heterocycles. The summed E-state index contributed by atoms with van der Waals surface area (Å²) in [5.41, 5.74) is 3.61. The van der Waals surface area contributed by atoms with E-state index < -0.39 is 8.32 Å². The Kier molecular flexibility index (Phi) is 6.04. The molecule has 0 aliphatic rings. The number of primary amides is 1. The molecule has 0 radical (unpaired) electrons. The first kappa shape index (κ1) is 18.5. The molecule has 2 N–H and O–H groups in total. The van der Waals surface area contributed by atoms with Gasteiger partial charge in [-0.3, -0.25) is 9.59 Å². The Morgan fingerprint density at radius 3 is 2.50 bits per heavy atom. The first-order chi connectivity index (χ1) is 11.5. The van der Waals surface area contributed by atoms with Gasteiger partial charge < -0.3 is 14.9 Å². The Hall–Kier alpha value is -1.82. The lowest BCUT2D eigenvalue weighted by Crippen LogP contribution is -2.44. The number of hydrogen-bond donors (Lipinski definition) is 1. The largest absolute Gasteiger partial charge is 0.543 e. The lowest BCUT2D eigenvalue weighted by atomic mass is 10.1. The number of hydrogen-bond acceptors (Lipinski definition) is 4. The van der Waals surface area contributed by atoms with E-state index in [-0.39, 0.29) is 29.9 Å². The van der Waals surface area contributed by atoms with Crippen LogP contribution in [0.4, 0.5) is 0 Å². The summed E-state index contributed by atoms with van der Waals surface area (Å²) in [6.07, 6.45) is 0.747. The van der Waals surface area contributed by atoms with Crippen LogP contribution in [0.5, 0.6) is 5.75 Å². The molecule has 134 valence electrons. The van der Waals surface area contributed by atoms with Crippen LogP contribution < -0.4 is 10.2 Å². The Bertz CT molecular complexity index is 626. The van der Waals surface area contributed by atoms with Crippen molar-refractivity contribution in [2.45, 2.75) is 65.3 Å². The van der Waals surface area contributed by atoms with Crippen molar-refractivity contribution in [1.82, 2.24) is 0 Å². The van der Waals surface area contributed by atoms with Crippen molar-refractivity contribution >= 4 is 20.2 Å². The number of nitrogens with two attached hydrogens (primary N) is 1. The van der Waals surface area contributed by atoms with E-state index in [1.54, 1.807) is 0 Å². The number of aryl methyl sites for hydroxylation is 1. The van der Waals surface area contributed by atoms with E-state index in [9.17, 15) is 9.59 Å². The van der Waals surface area contributed by atoms with Gasteiger partial charge in [-0.05, 0) is 42.2 Å². The van der Waals surface area contributed by atoms with E-state index in [0.717, 1.165) is 16.9 Å². The van der Waals surface area contributed by atoms with Crippen molar-refractivity contribution < 1.29 is 20.2 Å². The van der Waals surface area contributed by atoms with Crippen LogP contribution in [0, 0.1) is 0 Å². The minimum absolute atomic E-state index is 0.0522. The van der Waals surface area contributed by atoms with Crippen LogP contribution in [0.25, 0.3) is 0 Å². The lowest BCUT2D eigenvalue weighted by molar-refractivity contribution is -0.142. The number of esters is 1. The van der Waals surface area contributed by atoms with Gasteiger partial charge in [0.15, 0.2) is 1.41 Å². The Labute approximate surface area is 147 Å². The second-order valence-corrected chi connectivity index (χ2v) is 12.2. The van der Waals surface area contributed by atoms with Crippen LogP contribution >= 0.6 is 0 Å². The predicted molar refractivity (Wildman–Crippen MR) is 97.3 cm³/mol. The van der Waals surface area contributed by atoms with Gasteiger partial charge in [-0.2, -0.15) is 0 Å². The first-order valence-electron chi connectivity index (χ1n) is 8.61. The van der Waals surface area contributed by atoms with Gasteiger partial charge in [0, 0.05) is 18.9 Å². The van der Waals surface area contributed by atoms with Crippen molar-refractivity contribution in [1.29, 1.82) is 0 Å². The lowest BCUT2D eigenvalue weighted by Gasteiger charge is -2.37. The summed E-state index contributed by atoms with van der Waals surface area (Å²) in [6.45, 7) is 12.3. The molecule has 0 unspecified atom stereocenters. The smallest absolute Gasteiger partial charge is 0.302 e. The molecule has 5 nitrogen and oxygen atoms in total. The van der Waals surface area contributed by atoms with Crippen molar-refractivity contribution in [3.8, 4) is 5.75 Å². The summed E-state index contributed by atoms with van der Waals surface area (Å²) >= 11 is 0. The first-order valence-corrected chi connectivity index (χ1v) is 11.0. The molecule has 1 aromatic rings. The summed E-state index contributed by atoms with van der Waals surface area (Å²) in [6, 6.07) is 5.70. The molecule has 0 saturated heterocycles. The molecule has 0 spiro atoms. The zero-order chi connectivity index (χ0) is 19.3. The molecule has 1 aromatic carbocycles. The summed E-state index contributed by atoms with van der Waals surface area (Å²) in [5.74, 6) is 0.0435. The van der Waals surface area contributed by atoms with E-state index in [0.29, 0.717) is 6.42 Å². The average Bonchev–Trinajstić information content (AvgIpc) is 2.50. The van der Waals surface area contributed by atoms with Gasteiger partial charge in [0.1, 0.15) is 12.4 Å². The number of ether oxygens (including phenoxy) is 1. The topological polar surface area (TPSA) is 78.6 Å². The van der Waals surface area contributed by atoms with Crippen molar-refractivity contribution in [3.05, 3.63) is 29.3 Å². The summed E-state index contributed by atoms with van der Waals surface area (Å²) in [7, 11) is -2.02. The molecular weight excluding hydrogens is 322 g/mol. The van der Waals surface area contributed by atoms with Crippen molar-refractivity contribution in [2.24, 2.45) is 5.73 Å². The highest BCUT2D eigenvalue weighted by Crippen LogP contribution is 2.38. The maximum Gasteiger partial charge on any atom is 0.302 e. The van der Waals surface area contributed by atoms with Crippen LogP contribution in [0.2, 0.25) is 19.5 Å². The number of benzene rings is 1. The van der Waals surface area contributed by atoms with Gasteiger partial charge in [0.05, 0.1) is 0 Å². The zero-order valence-electron chi connectivity index (χ0n) is 16.5. The van der Waals surface area contributed by atoms with E-state index >= 15 is 0 Å². The summed E-state index contributed by atoms with van der Waals surface area (Å²) < 4.78 is 18.4. The molecule has 1 amide bonds. The molecule has 0 aromatic heterocycles. The van der Waals surface area contributed by atoms with Gasteiger partial charge in [0.25, 0.3) is 0 Å². The normalized spacial score (nSPS) is 12.3. The molecule has 0 atom stereocenters. The molecule has 0 saturated carbocycles. The number of rotatable bonds is 7. The summed E-state index contributed by atoms with van der Waals surface area (Å²) in [4.78, 5) is 22.4.